The average Bonchev–Trinajstić information content (AvgIpc) is 2.05. The lowest BCUT2D eigenvalue weighted by atomic mass is 9.98. The van der Waals surface area contributed by atoms with E-state index in [9.17, 15) is 4.79 Å². The molecule has 0 aromatic rings. The lowest BCUT2D eigenvalue weighted by Gasteiger charge is -2.23. The van der Waals surface area contributed by atoms with Gasteiger partial charge in [-0.1, -0.05) is 0 Å². The molecule has 0 spiro atoms. The fraction of sp³-hybridized carbons (Fsp3) is 0.875. The lowest BCUT2D eigenvalue weighted by Crippen LogP contribution is -2.37. The number of carbonyl (C=O) groups is 1. The smallest absolute Gasteiger partial charge is 0.226 e. The summed E-state index contributed by atoms with van der Waals surface area (Å²) in [5, 5.41) is 4.21. The van der Waals surface area contributed by atoms with Gasteiger partial charge in [0.2, 0.25) is 5.91 Å². The van der Waals surface area contributed by atoms with Crippen LogP contribution in [0.2, 0.25) is 0 Å². The van der Waals surface area contributed by atoms with Gasteiger partial charge in [0.25, 0.3) is 0 Å². The van der Waals surface area contributed by atoms with E-state index < -0.39 is 0 Å². The highest BCUT2D eigenvalue weighted by atomic mass is 16.2. The summed E-state index contributed by atoms with van der Waals surface area (Å²) in [5.41, 5.74) is 0. The van der Waals surface area contributed by atoms with Crippen LogP contribution in [0.3, 0.4) is 0 Å². The topological polar surface area (TPSA) is 34.4 Å². The van der Waals surface area contributed by atoms with Crippen LogP contribution in [0.4, 0.5) is 0 Å². The predicted molar refractivity (Wildman–Crippen MR) is 43.3 cm³/mol. The van der Waals surface area contributed by atoms with E-state index in [1.165, 1.54) is 0 Å². The molecule has 1 aliphatic heterocycles. The predicted octanol–water partition coefficient (Wildman–Crippen LogP) is 0.0890. The van der Waals surface area contributed by atoms with Crippen LogP contribution in [-0.4, -0.2) is 38.0 Å². The van der Waals surface area contributed by atoms with Gasteiger partial charge in [-0.3, -0.25) is 4.79 Å². The number of hydrogen-bond donors (Lipinski definition) is 0. The summed E-state index contributed by atoms with van der Waals surface area (Å²) < 4.78 is 0. The molecule has 3 heteroatoms. The first-order valence-corrected chi connectivity index (χ1v) is 4.06. The molecule has 1 aliphatic rings. The molecule has 0 aromatic heterocycles. The van der Waals surface area contributed by atoms with Crippen LogP contribution in [0.1, 0.15) is 12.8 Å². The molecule has 3 nitrogen and oxygen atoms in total. The van der Waals surface area contributed by atoms with Gasteiger partial charge in [-0.05, 0) is 12.8 Å². The fourth-order valence-corrected chi connectivity index (χ4v) is 1.35. The van der Waals surface area contributed by atoms with E-state index >= 15 is 0 Å². The largest absolute Gasteiger partial charge is 0.349 e. The van der Waals surface area contributed by atoms with Crippen molar-refractivity contribution in [2.75, 3.05) is 27.2 Å². The number of piperidine rings is 1. The van der Waals surface area contributed by atoms with Crippen molar-refractivity contribution in [3.8, 4) is 0 Å². The quantitative estimate of drug-likeness (QED) is 0.528. The van der Waals surface area contributed by atoms with Crippen LogP contribution in [0, 0.1) is 5.92 Å². The van der Waals surface area contributed by atoms with Gasteiger partial charge in [-0.2, -0.15) is 0 Å². The van der Waals surface area contributed by atoms with Gasteiger partial charge < -0.3 is 4.90 Å². The normalized spacial score (nSPS) is 24.7. The van der Waals surface area contributed by atoms with E-state index in [-0.39, 0.29) is 11.8 Å². The molecule has 1 radical (unpaired) electrons. The molecule has 0 bridgehead atoms. The molecule has 0 unspecified atom stereocenters. The van der Waals surface area contributed by atoms with Crippen LogP contribution in [-0.2, 0) is 4.79 Å². The first-order chi connectivity index (χ1) is 5.22. The highest BCUT2D eigenvalue weighted by molar-refractivity contribution is 5.78. The third-order valence-corrected chi connectivity index (χ3v) is 2.01. The second-order valence-electron chi connectivity index (χ2n) is 3.20. The van der Waals surface area contributed by atoms with Crippen LogP contribution in [0.15, 0.2) is 0 Å². The number of nitrogens with zero attached hydrogens (tertiary/aromatic N) is 2. The molecule has 1 heterocycles. The highest BCUT2D eigenvalue weighted by Gasteiger charge is 2.22. The number of amides is 1. The summed E-state index contributed by atoms with van der Waals surface area (Å²) in [6.07, 6.45) is 2.09. The molecule has 1 rings (SSSR count). The highest BCUT2D eigenvalue weighted by Crippen LogP contribution is 2.12. The SMILES string of the molecule is CN(C)C(=O)[C@H]1CCC[N]C1. The Morgan fingerprint density at radius 1 is 1.55 bits per heavy atom. The maximum absolute atomic E-state index is 11.4. The van der Waals surface area contributed by atoms with Crippen molar-refractivity contribution in [2.24, 2.45) is 5.92 Å². The molecule has 0 aromatic carbocycles. The zero-order chi connectivity index (χ0) is 8.27. The second kappa shape index (κ2) is 3.72. The van der Waals surface area contributed by atoms with Crippen molar-refractivity contribution in [1.29, 1.82) is 0 Å². The van der Waals surface area contributed by atoms with Gasteiger partial charge in [-0.15, -0.1) is 0 Å². The van der Waals surface area contributed by atoms with Gasteiger partial charge in [0.05, 0.1) is 5.92 Å². The van der Waals surface area contributed by atoms with Crippen LogP contribution in [0.5, 0.6) is 0 Å². The minimum atomic E-state index is 0.166. The first-order valence-electron chi connectivity index (χ1n) is 4.06. The Balaban J connectivity index is 2.39. The summed E-state index contributed by atoms with van der Waals surface area (Å²) in [7, 11) is 3.61. The van der Waals surface area contributed by atoms with Gasteiger partial charge in [0, 0.05) is 27.2 Å². The number of hydrogen-bond acceptors (Lipinski definition) is 1. The van der Waals surface area contributed by atoms with Crippen LogP contribution >= 0.6 is 0 Å². The molecule has 1 fully saturated rings. The Hall–Kier alpha value is -0.570. The van der Waals surface area contributed by atoms with Crippen molar-refractivity contribution in [3.63, 3.8) is 0 Å². The van der Waals surface area contributed by atoms with Gasteiger partial charge >= 0.3 is 0 Å². The van der Waals surface area contributed by atoms with Crippen molar-refractivity contribution < 1.29 is 4.79 Å². The molecule has 0 saturated carbocycles. The standard InChI is InChI=1S/C8H15N2O/c1-10(2)8(11)7-4-3-5-9-6-7/h7H,3-6H2,1-2H3/t7-/m0/s1. The summed E-state index contributed by atoms with van der Waals surface area (Å²) in [6, 6.07) is 0. The Bertz CT molecular complexity index is 139. The molecule has 63 valence electrons. The first kappa shape index (κ1) is 8.53. The Morgan fingerprint density at radius 2 is 2.27 bits per heavy atom. The van der Waals surface area contributed by atoms with Crippen molar-refractivity contribution in [2.45, 2.75) is 12.8 Å². The average molecular weight is 155 g/mol. The third-order valence-electron chi connectivity index (χ3n) is 2.01. The molecular formula is C8H15N2O. The molecule has 1 amide bonds. The maximum atomic E-state index is 11.4. The fourth-order valence-electron chi connectivity index (χ4n) is 1.35. The minimum Gasteiger partial charge on any atom is -0.349 e. The summed E-state index contributed by atoms with van der Waals surface area (Å²) in [5.74, 6) is 0.396. The summed E-state index contributed by atoms with van der Waals surface area (Å²) in [4.78, 5) is 13.0. The molecule has 1 saturated heterocycles. The van der Waals surface area contributed by atoms with Gasteiger partial charge in [0.1, 0.15) is 0 Å². The molecule has 1 atom stereocenters. The third kappa shape index (κ3) is 2.19. The molecule has 11 heavy (non-hydrogen) atoms. The van der Waals surface area contributed by atoms with Crippen LogP contribution in [0.25, 0.3) is 0 Å². The number of carbonyl (C=O) groups excluding carboxylic acids is 1. The number of rotatable bonds is 1. The van der Waals surface area contributed by atoms with E-state index in [1.807, 2.05) is 0 Å². The molecular weight excluding hydrogens is 140 g/mol. The van der Waals surface area contributed by atoms with Crippen molar-refractivity contribution >= 4 is 5.91 Å². The monoisotopic (exact) mass is 155 g/mol. The van der Waals surface area contributed by atoms with E-state index in [0.717, 1.165) is 25.9 Å². The Labute approximate surface area is 67.8 Å². The van der Waals surface area contributed by atoms with E-state index in [2.05, 4.69) is 5.32 Å². The second-order valence-corrected chi connectivity index (χ2v) is 3.20. The lowest BCUT2D eigenvalue weighted by molar-refractivity contribution is -0.133. The van der Waals surface area contributed by atoms with Crippen molar-refractivity contribution in [1.82, 2.24) is 10.2 Å². The molecule has 0 aliphatic carbocycles. The van der Waals surface area contributed by atoms with E-state index in [1.54, 1.807) is 19.0 Å². The van der Waals surface area contributed by atoms with E-state index in [4.69, 9.17) is 0 Å². The summed E-state index contributed by atoms with van der Waals surface area (Å²) in [6.45, 7) is 1.67. The zero-order valence-corrected chi connectivity index (χ0v) is 7.21. The van der Waals surface area contributed by atoms with Crippen molar-refractivity contribution in [3.05, 3.63) is 0 Å². The van der Waals surface area contributed by atoms with E-state index in [0.29, 0.717) is 0 Å². The van der Waals surface area contributed by atoms with Gasteiger partial charge in [-0.25, -0.2) is 5.32 Å². The molecule has 0 N–H and O–H groups in total. The van der Waals surface area contributed by atoms with Gasteiger partial charge in [0.15, 0.2) is 0 Å². The van der Waals surface area contributed by atoms with Crippen LogP contribution < -0.4 is 5.32 Å². The summed E-state index contributed by atoms with van der Waals surface area (Å²) >= 11 is 0. The minimum absolute atomic E-state index is 0.166. The zero-order valence-electron chi connectivity index (χ0n) is 7.21. The Kier molecular flexibility index (Phi) is 2.88. The Morgan fingerprint density at radius 3 is 2.73 bits per heavy atom. The maximum Gasteiger partial charge on any atom is 0.226 e.